The second kappa shape index (κ2) is 9.54. The Balaban J connectivity index is 1.97. The molecule has 1 aliphatic rings. The zero-order valence-corrected chi connectivity index (χ0v) is 13.6. The van der Waals surface area contributed by atoms with Crippen molar-refractivity contribution in [1.29, 1.82) is 0 Å². The first-order valence-corrected chi connectivity index (χ1v) is 8.28. The van der Waals surface area contributed by atoms with Gasteiger partial charge in [-0.25, -0.2) is 0 Å². The lowest BCUT2D eigenvalue weighted by Gasteiger charge is -2.33. The van der Waals surface area contributed by atoms with Crippen molar-refractivity contribution in [2.24, 2.45) is 0 Å². The van der Waals surface area contributed by atoms with E-state index in [0.29, 0.717) is 6.54 Å². The van der Waals surface area contributed by atoms with E-state index in [1.165, 1.54) is 18.6 Å². The van der Waals surface area contributed by atoms with E-state index in [9.17, 15) is 18.7 Å². The quantitative estimate of drug-likeness (QED) is 0.763. The third-order valence-corrected chi connectivity index (χ3v) is 4.20. The normalized spacial score (nSPS) is 15.7. The minimum absolute atomic E-state index is 0.0190. The molecule has 24 heavy (non-hydrogen) atoms. The van der Waals surface area contributed by atoms with Gasteiger partial charge < -0.3 is 15.2 Å². The molecule has 0 bridgehead atoms. The standard InChI is InChI=1S/C17H24F2N2O3/c18-17(19)24-15-9-5-4-8-14(15)20-16(23)12-21(10-11-22)13-6-2-1-3-7-13/h4-5,8-9,13,17,22H,1-3,6-7,10-12H2,(H,20,23). The molecule has 1 amide bonds. The predicted molar refractivity (Wildman–Crippen MR) is 87.2 cm³/mol. The number of para-hydroxylation sites is 2. The number of carbonyl (C=O) groups is 1. The number of carbonyl (C=O) groups excluding carboxylic acids is 1. The van der Waals surface area contributed by atoms with Crippen molar-refractivity contribution in [3.05, 3.63) is 24.3 Å². The lowest BCUT2D eigenvalue weighted by molar-refractivity contribution is -0.118. The van der Waals surface area contributed by atoms with E-state index in [1.807, 2.05) is 4.90 Å². The fourth-order valence-corrected chi connectivity index (χ4v) is 3.11. The zero-order chi connectivity index (χ0) is 17.4. The van der Waals surface area contributed by atoms with Gasteiger partial charge in [-0.1, -0.05) is 31.4 Å². The Kier molecular flexibility index (Phi) is 7.39. The van der Waals surface area contributed by atoms with Crippen LogP contribution in [-0.4, -0.2) is 48.3 Å². The molecule has 2 rings (SSSR count). The SMILES string of the molecule is O=C(CN(CCO)C1CCCCC1)Nc1ccccc1OC(F)F. The van der Waals surface area contributed by atoms with Crippen LogP contribution < -0.4 is 10.1 Å². The summed E-state index contributed by atoms with van der Waals surface area (Å²) in [6.07, 6.45) is 5.48. The molecule has 0 atom stereocenters. The minimum atomic E-state index is -2.95. The van der Waals surface area contributed by atoms with Gasteiger partial charge in [0.05, 0.1) is 18.8 Å². The average Bonchev–Trinajstić information content (AvgIpc) is 2.56. The number of benzene rings is 1. The van der Waals surface area contributed by atoms with Crippen molar-refractivity contribution in [2.75, 3.05) is 25.0 Å². The van der Waals surface area contributed by atoms with Crippen LogP contribution in [0.2, 0.25) is 0 Å². The van der Waals surface area contributed by atoms with E-state index in [-0.39, 0.29) is 36.5 Å². The first kappa shape index (κ1) is 18.6. The second-order valence-electron chi connectivity index (χ2n) is 5.91. The summed E-state index contributed by atoms with van der Waals surface area (Å²) in [7, 11) is 0. The van der Waals surface area contributed by atoms with Crippen molar-refractivity contribution in [1.82, 2.24) is 4.90 Å². The topological polar surface area (TPSA) is 61.8 Å². The van der Waals surface area contributed by atoms with E-state index in [4.69, 9.17) is 0 Å². The average molecular weight is 342 g/mol. The number of hydrogen-bond donors (Lipinski definition) is 2. The number of amides is 1. The number of nitrogens with one attached hydrogen (secondary N) is 1. The monoisotopic (exact) mass is 342 g/mol. The van der Waals surface area contributed by atoms with Gasteiger partial charge in [-0.05, 0) is 25.0 Å². The molecule has 0 aromatic heterocycles. The van der Waals surface area contributed by atoms with E-state index >= 15 is 0 Å². The molecule has 0 heterocycles. The summed E-state index contributed by atoms with van der Waals surface area (Å²) in [5, 5.41) is 11.9. The third-order valence-electron chi connectivity index (χ3n) is 4.20. The fourth-order valence-electron chi connectivity index (χ4n) is 3.11. The molecule has 1 aliphatic carbocycles. The maximum atomic E-state index is 12.4. The number of halogens is 2. The summed E-state index contributed by atoms with van der Waals surface area (Å²) in [4.78, 5) is 14.3. The number of aliphatic hydroxyl groups excluding tert-OH is 1. The van der Waals surface area contributed by atoms with Crippen molar-refractivity contribution in [3.63, 3.8) is 0 Å². The van der Waals surface area contributed by atoms with Crippen LogP contribution in [0, 0.1) is 0 Å². The van der Waals surface area contributed by atoms with Crippen molar-refractivity contribution < 1.29 is 23.4 Å². The number of nitrogens with zero attached hydrogens (tertiary/aromatic N) is 1. The predicted octanol–water partition coefficient (Wildman–Crippen LogP) is 2.85. The summed E-state index contributed by atoms with van der Waals surface area (Å²) in [6, 6.07) is 6.39. The van der Waals surface area contributed by atoms with Crippen LogP contribution in [0.5, 0.6) is 5.75 Å². The number of ether oxygens (including phenoxy) is 1. The van der Waals surface area contributed by atoms with Crippen molar-refractivity contribution >= 4 is 11.6 Å². The fraction of sp³-hybridized carbons (Fsp3) is 0.588. The van der Waals surface area contributed by atoms with E-state index in [0.717, 1.165) is 25.7 Å². The van der Waals surface area contributed by atoms with Crippen LogP contribution in [0.25, 0.3) is 0 Å². The molecule has 0 radical (unpaired) electrons. The second-order valence-corrected chi connectivity index (χ2v) is 5.91. The van der Waals surface area contributed by atoms with Gasteiger partial charge in [-0.15, -0.1) is 0 Å². The van der Waals surface area contributed by atoms with Gasteiger partial charge >= 0.3 is 6.61 Å². The Labute approximate surface area is 140 Å². The van der Waals surface area contributed by atoms with Gasteiger partial charge in [0.1, 0.15) is 5.75 Å². The number of anilines is 1. The Morgan fingerprint density at radius 3 is 2.67 bits per heavy atom. The lowest BCUT2D eigenvalue weighted by Crippen LogP contribution is -2.43. The Hall–Kier alpha value is -1.73. The summed E-state index contributed by atoms with van der Waals surface area (Å²) in [5.41, 5.74) is 0.218. The number of alkyl halides is 2. The Bertz CT molecular complexity index is 522. The van der Waals surface area contributed by atoms with Crippen LogP contribution >= 0.6 is 0 Å². The van der Waals surface area contributed by atoms with Gasteiger partial charge in [-0.2, -0.15) is 8.78 Å². The molecule has 1 aromatic rings. The summed E-state index contributed by atoms with van der Waals surface area (Å²) in [6.45, 7) is -2.42. The molecule has 0 spiro atoms. The van der Waals surface area contributed by atoms with Gasteiger partial charge in [0.15, 0.2) is 0 Å². The largest absolute Gasteiger partial charge is 0.433 e. The Morgan fingerprint density at radius 1 is 1.29 bits per heavy atom. The third kappa shape index (κ3) is 5.72. The van der Waals surface area contributed by atoms with Gasteiger partial charge in [0.25, 0.3) is 0 Å². The van der Waals surface area contributed by atoms with Gasteiger partial charge in [0.2, 0.25) is 5.91 Å². The molecule has 134 valence electrons. The highest BCUT2D eigenvalue weighted by molar-refractivity contribution is 5.93. The van der Waals surface area contributed by atoms with Crippen molar-refractivity contribution in [2.45, 2.75) is 44.8 Å². The van der Waals surface area contributed by atoms with Crippen LogP contribution in [0.15, 0.2) is 24.3 Å². The van der Waals surface area contributed by atoms with E-state index in [2.05, 4.69) is 10.1 Å². The molecule has 1 saturated carbocycles. The molecule has 5 nitrogen and oxygen atoms in total. The molecule has 1 aromatic carbocycles. The maximum Gasteiger partial charge on any atom is 0.387 e. The first-order chi connectivity index (χ1) is 11.6. The highest BCUT2D eigenvalue weighted by Crippen LogP contribution is 2.26. The number of aliphatic hydroxyl groups is 1. The number of hydrogen-bond acceptors (Lipinski definition) is 4. The molecule has 7 heteroatoms. The number of rotatable bonds is 8. The summed E-state index contributed by atoms with van der Waals surface area (Å²) < 4.78 is 29.3. The van der Waals surface area contributed by atoms with Crippen molar-refractivity contribution in [3.8, 4) is 5.75 Å². The van der Waals surface area contributed by atoms with Crippen LogP contribution in [-0.2, 0) is 4.79 Å². The highest BCUT2D eigenvalue weighted by Gasteiger charge is 2.23. The minimum Gasteiger partial charge on any atom is -0.433 e. The highest BCUT2D eigenvalue weighted by atomic mass is 19.3. The first-order valence-electron chi connectivity index (χ1n) is 8.28. The molecule has 1 fully saturated rings. The van der Waals surface area contributed by atoms with E-state index in [1.54, 1.807) is 12.1 Å². The zero-order valence-electron chi connectivity index (χ0n) is 13.6. The van der Waals surface area contributed by atoms with Crippen LogP contribution in [0.1, 0.15) is 32.1 Å². The molecule has 0 saturated heterocycles. The molecular weight excluding hydrogens is 318 g/mol. The van der Waals surface area contributed by atoms with E-state index < -0.39 is 6.61 Å². The van der Waals surface area contributed by atoms with Gasteiger partial charge in [-0.3, -0.25) is 9.69 Å². The molecule has 0 aliphatic heterocycles. The molecular formula is C17H24F2N2O3. The molecule has 0 unspecified atom stereocenters. The summed E-state index contributed by atoms with van der Waals surface area (Å²) in [5.74, 6) is -0.369. The maximum absolute atomic E-state index is 12.4. The molecule has 2 N–H and O–H groups in total. The smallest absolute Gasteiger partial charge is 0.387 e. The lowest BCUT2D eigenvalue weighted by atomic mass is 9.94. The van der Waals surface area contributed by atoms with Crippen LogP contribution in [0.4, 0.5) is 14.5 Å². The van der Waals surface area contributed by atoms with Gasteiger partial charge in [0, 0.05) is 12.6 Å². The Morgan fingerprint density at radius 2 is 2.00 bits per heavy atom. The summed E-state index contributed by atoms with van der Waals surface area (Å²) >= 11 is 0. The van der Waals surface area contributed by atoms with Crippen LogP contribution in [0.3, 0.4) is 0 Å².